The summed E-state index contributed by atoms with van der Waals surface area (Å²) in [6.07, 6.45) is 7.92. The van der Waals surface area contributed by atoms with Crippen LogP contribution in [0.5, 0.6) is 0 Å². The number of benzene rings is 1. The Morgan fingerprint density at radius 2 is 1.64 bits per heavy atom. The molecule has 2 fully saturated rings. The van der Waals surface area contributed by atoms with E-state index in [1.54, 1.807) is 6.07 Å². The van der Waals surface area contributed by atoms with Crippen LogP contribution in [0, 0.1) is 0 Å². The van der Waals surface area contributed by atoms with Gasteiger partial charge in [0.2, 0.25) is 5.91 Å². The molecule has 0 atom stereocenters. The molecule has 1 aliphatic heterocycles. The van der Waals surface area contributed by atoms with Crippen molar-refractivity contribution in [3.63, 3.8) is 0 Å². The molecule has 0 bridgehead atoms. The van der Waals surface area contributed by atoms with E-state index >= 15 is 0 Å². The maximum Gasteiger partial charge on any atom is 0.253 e. The van der Waals surface area contributed by atoms with Crippen LogP contribution in [0.2, 0.25) is 0 Å². The van der Waals surface area contributed by atoms with Crippen LogP contribution in [0.4, 0.5) is 5.69 Å². The third kappa shape index (κ3) is 4.73. The smallest absolute Gasteiger partial charge is 0.253 e. The van der Waals surface area contributed by atoms with Crippen LogP contribution in [0.1, 0.15) is 61.7 Å². The zero-order valence-corrected chi connectivity index (χ0v) is 15.4. The number of rotatable bonds is 3. The Bertz CT molecular complexity index is 608. The molecule has 2 amide bonds. The number of carbonyl (C=O) groups is 2. The average molecular weight is 366 g/mol. The summed E-state index contributed by atoms with van der Waals surface area (Å²) < 4.78 is 0. The summed E-state index contributed by atoms with van der Waals surface area (Å²) in [5, 5.41) is 2.92. The van der Waals surface area contributed by atoms with Gasteiger partial charge in [-0.05, 0) is 50.3 Å². The molecular formula is C19H28ClN3O2. The van der Waals surface area contributed by atoms with Gasteiger partial charge in [-0.1, -0.05) is 25.3 Å². The molecule has 3 N–H and O–H groups in total. The van der Waals surface area contributed by atoms with Crippen LogP contribution < -0.4 is 11.1 Å². The third-order valence-electron chi connectivity index (χ3n) is 5.21. The van der Waals surface area contributed by atoms with Gasteiger partial charge in [-0.15, -0.1) is 12.4 Å². The van der Waals surface area contributed by atoms with Gasteiger partial charge in [0, 0.05) is 24.3 Å². The summed E-state index contributed by atoms with van der Waals surface area (Å²) in [6, 6.07) is 7.21. The molecule has 0 unspecified atom stereocenters. The molecule has 0 spiro atoms. The van der Waals surface area contributed by atoms with Gasteiger partial charge in [0.15, 0.2) is 0 Å². The summed E-state index contributed by atoms with van der Waals surface area (Å²) >= 11 is 0. The first-order valence-corrected chi connectivity index (χ1v) is 9.08. The lowest BCUT2D eigenvalue weighted by Gasteiger charge is -2.31. The molecule has 3 rings (SSSR count). The fourth-order valence-electron chi connectivity index (χ4n) is 3.67. The Kier molecular flexibility index (Phi) is 6.85. The summed E-state index contributed by atoms with van der Waals surface area (Å²) in [5.74, 6) is -0.0873. The van der Waals surface area contributed by atoms with E-state index in [1.807, 2.05) is 23.1 Å². The van der Waals surface area contributed by atoms with E-state index in [1.165, 1.54) is 6.42 Å². The molecule has 138 valence electrons. The Morgan fingerprint density at radius 1 is 1.00 bits per heavy atom. The molecule has 0 radical (unpaired) electrons. The van der Waals surface area contributed by atoms with E-state index in [-0.39, 0.29) is 24.2 Å². The number of amides is 2. The van der Waals surface area contributed by atoms with Crippen molar-refractivity contribution >= 4 is 29.9 Å². The summed E-state index contributed by atoms with van der Waals surface area (Å²) in [6.45, 7) is 1.64. The molecule has 1 saturated carbocycles. The summed E-state index contributed by atoms with van der Waals surface area (Å²) in [7, 11) is 0. The van der Waals surface area contributed by atoms with E-state index in [0.29, 0.717) is 11.3 Å². The minimum Gasteiger partial charge on any atom is -0.339 e. The molecule has 1 aromatic carbocycles. The Balaban J connectivity index is 0.00000225. The number of hydrogen-bond acceptors (Lipinski definition) is 3. The quantitative estimate of drug-likeness (QED) is 0.862. The zero-order chi connectivity index (χ0) is 17.0. The maximum atomic E-state index is 12.6. The highest BCUT2D eigenvalue weighted by molar-refractivity contribution is 6.00. The van der Waals surface area contributed by atoms with Crippen molar-refractivity contribution in [2.75, 3.05) is 18.4 Å². The van der Waals surface area contributed by atoms with Gasteiger partial charge in [0.25, 0.3) is 5.91 Å². The van der Waals surface area contributed by atoms with Gasteiger partial charge in [-0.3, -0.25) is 9.59 Å². The van der Waals surface area contributed by atoms with Gasteiger partial charge >= 0.3 is 0 Å². The lowest BCUT2D eigenvalue weighted by atomic mass is 9.82. The maximum absolute atomic E-state index is 12.6. The normalized spacial score (nSPS) is 19.6. The minimum absolute atomic E-state index is 0. The molecule has 0 aromatic heterocycles. The first-order valence-electron chi connectivity index (χ1n) is 9.08. The van der Waals surface area contributed by atoms with E-state index in [0.717, 1.165) is 58.0 Å². The first-order chi connectivity index (χ1) is 11.6. The molecule has 1 aliphatic carbocycles. The van der Waals surface area contributed by atoms with E-state index in [4.69, 9.17) is 5.73 Å². The topological polar surface area (TPSA) is 75.4 Å². The molecule has 2 aliphatic rings. The van der Waals surface area contributed by atoms with Crippen molar-refractivity contribution in [3.8, 4) is 0 Å². The Morgan fingerprint density at radius 3 is 2.32 bits per heavy atom. The SMILES string of the molecule is Cl.NC1(C(=O)Nc2cccc(C(=O)N3CCCCC3)c2)CCCCC1. The van der Waals surface area contributed by atoms with Gasteiger partial charge in [-0.2, -0.15) is 0 Å². The van der Waals surface area contributed by atoms with Gasteiger partial charge < -0.3 is 16.0 Å². The van der Waals surface area contributed by atoms with Crippen molar-refractivity contribution in [2.45, 2.75) is 56.9 Å². The van der Waals surface area contributed by atoms with E-state index < -0.39 is 5.54 Å². The van der Waals surface area contributed by atoms with E-state index in [2.05, 4.69) is 5.32 Å². The van der Waals surface area contributed by atoms with Crippen LogP contribution >= 0.6 is 12.4 Å². The number of hydrogen-bond donors (Lipinski definition) is 2. The molecule has 1 heterocycles. The molecule has 25 heavy (non-hydrogen) atoms. The molecule has 5 nitrogen and oxygen atoms in total. The molecule has 6 heteroatoms. The number of nitrogens with one attached hydrogen (secondary N) is 1. The standard InChI is InChI=1S/C19H27N3O2.ClH/c20-19(10-3-1-4-11-19)18(24)21-16-9-7-8-15(14-16)17(23)22-12-5-2-6-13-22;/h7-9,14H,1-6,10-13,20H2,(H,21,24);1H. The van der Waals surface area contributed by atoms with E-state index in [9.17, 15) is 9.59 Å². The van der Waals surface area contributed by atoms with Crippen LogP contribution in [0.3, 0.4) is 0 Å². The number of anilines is 1. The number of nitrogens with zero attached hydrogens (tertiary/aromatic N) is 1. The van der Waals surface area contributed by atoms with Crippen LogP contribution in [0.25, 0.3) is 0 Å². The average Bonchev–Trinajstić information content (AvgIpc) is 2.62. The second kappa shape index (κ2) is 8.68. The van der Waals surface area contributed by atoms with Gasteiger partial charge in [-0.25, -0.2) is 0 Å². The zero-order valence-electron chi connectivity index (χ0n) is 14.6. The second-order valence-electron chi connectivity index (χ2n) is 7.10. The van der Waals surface area contributed by atoms with Gasteiger partial charge in [0.1, 0.15) is 0 Å². The van der Waals surface area contributed by atoms with Crippen molar-refractivity contribution < 1.29 is 9.59 Å². The predicted octanol–water partition coefficient (Wildman–Crippen LogP) is 3.33. The highest BCUT2D eigenvalue weighted by atomic mass is 35.5. The van der Waals surface area contributed by atoms with Crippen LogP contribution in [0.15, 0.2) is 24.3 Å². The highest BCUT2D eigenvalue weighted by Crippen LogP contribution is 2.27. The van der Waals surface area contributed by atoms with Crippen molar-refractivity contribution in [3.05, 3.63) is 29.8 Å². The Hall–Kier alpha value is -1.59. The van der Waals surface area contributed by atoms with Crippen molar-refractivity contribution in [1.29, 1.82) is 0 Å². The molecule has 1 aromatic rings. The monoisotopic (exact) mass is 365 g/mol. The minimum atomic E-state index is -0.773. The first kappa shape index (κ1) is 19.7. The second-order valence-corrected chi connectivity index (χ2v) is 7.10. The largest absolute Gasteiger partial charge is 0.339 e. The highest BCUT2D eigenvalue weighted by Gasteiger charge is 2.35. The Labute approximate surface area is 155 Å². The molecular weight excluding hydrogens is 338 g/mol. The lowest BCUT2D eigenvalue weighted by Crippen LogP contribution is -2.52. The number of nitrogens with two attached hydrogens (primary N) is 1. The fourth-order valence-corrected chi connectivity index (χ4v) is 3.67. The fraction of sp³-hybridized carbons (Fsp3) is 0.579. The van der Waals surface area contributed by atoms with Crippen LogP contribution in [-0.2, 0) is 4.79 Å². The van der Waals surface area contributed by atoms with Gasteiger partial charge in [0.05, 0.1) is 5.54 Å². The lowest BCUT2D eigenvalue weighted by molar-refractivity contribution is -0.122. The summed E-state index contributed by atoms with van der Waals surface area (Å²) in [4.78, 5) is 27.0. The number of carbonyl (C=O) groups excluding carboxylic acids is 2. The number of likely N-dealkylation sites (tertiary alicyclic amines) is 1. The third-order valence-corrected chi connectivity index (χ3v) is 5.21. The number of halogens is 1. The van der Waals surface area contributed by atoms with Crippen molar-refractivity contribution in [1.82, 2.24) is 4.90 Å². The van der Waals surface area contributed by atoms with Crippen molar-refractivity contribution in [2.24, 2.45) is 5.73 Å². The van der Waals surface area contributed by atoms with Crippen LogP contribution in [-0.4, -0.2) is 35.3 Å². The predicted molar refractivity (Wildman–Crippen MR) is 102 cm³/mol. The summed E-state index contributed by atoms with van der Waals surface area (Å²) in [5.41, 5.74) is 6.79. The number of piperidine rings is 1. The molecule has 1 saturated heterocycles.